The Morgan fingerprint density at radius 2 is 1.94 bits per heavy atom. The van der Waals surface area contributed by atoms with Crippen LogP contribution in [0.2, 0.25) is 0 Å². The summed E-state index contributed by atoms with van der Waals surface area (Å²) in [6, 6.07) is 0. The van der Waals surface area contributed by atoms with Crippen molar-refractivity contribution in [3.05, 3.63) is 0 Å². The lowest BCUT2D eigenvalue weighted by Crippen LogP contribution is -2.44. The van der Waals surface area contributed by atoms with Crippen molar-refractivity contribution in [3.63, 3.8) is 0 Å². The van der Waals surface area contributed by atoms with Crippen LogP contribution in [-0.2, 0) is 14.4 Å². The number of hydroxylamine groups is 1. The van der Waals surface area contributed by atoms with E-state index in [-0.39, 0.29) is 24.9 Å². The first-order valence-electron chi connectivity index (χ1n) is 5.54. The summed E-state index contributed by atoms with van der Waals surface area (Å²) in [7, 11) is 0. The van der Waals surface area contributed by atoms with Crippen LogP contribution in [0.1, 0.15) is 20.8 Å². The summed E-state index contributed by atoms with van der Waals surface area (Å²) in [5.74, 6) is -0.399. The number of hydrogen-bond donors (Lipinski definition) is 2. The molecule has 0 rings (SSSR count). The van der Waals surface area contributed by atoms with Crippen LogP contribution in [0.25, 0.3) is 0 Å². The van der Waals surface area contributed by atoms with Crippen LogP contribution in [0.5, 0.6) is 0 Å². The third-order valence-corrected chi connectivity index (χ3v) is 1.93. The highest BCUT2D eigenvalue weighted by Crippen LogP contribution is 1.89. The van der Waals surface area contributed by atoms with Crippen LogP contribution in [0.4, 0.5) is 0 Å². The molecule has 0 unspecified atom stereocenters. The molecule has 0 aromatic heterocycles. The smallest absolute Gasteiger partial charge is 0.263 e. The van der Waals surface area contributed by atoms with E-state index in [9.17, 15) is 9.59 Å². The molecule has 0 saturated carbocycles. The molecule has 0 aromatic rings. The van der Waals surface area contributed by atoms with E-state index in [1.54, 1.807) is 6.92 Å². The third kappa shape index (κ3) is 6.36. The van der Waals surface area contributed by atoms with Gasteiger partial charge in [-0.3, -0.25) is 14.4 Å². The van der Waals surface area contributed by atoms with Gasteiger partial charge in [0.2, 0.25) is 5.91 Å². The lowest BCUT2D eigenvalue weighted by molar-refractivity contribution is -0.140. The molecule has 6 nitrogen and oxygen atoms in total. The summed E-state index contributed by atoms with van der Waals surface area (Å²) in [4.78, 5) is 29.1. The monoisotopic (exact) mass is 231 g/mol. The van der Waals surface area contributed by atoms with Crippen LogP contribution in [-0.4, -0.2) is 49.5 Å². The first-order valence-corrected chi connectivity index (χ1v) is 5.54. The van der Waals surface area contributed by atoms with Crippen LogP contribution < -0.4 is 10.8 Å². The van der Waals surface area contributed by atoms with E-state index in [1.807, 2.05) is 13.8 Å². The summed E-state index contributed by atoms with van der Waals surface area (Å²) in [5.41, 5.74) is 2.25. The van der Waals surface area contributed by atoms with Gasteiger partial charge in [0.25, 0.3) is 5.91 Å². The average molecular weight is 231 g/mol. The topological polar surface area (TPSA) is 70.7 Å². The lowest BCUT2D eigenvalue weighted by Gasteiger charge is -2.20. The van der Waals surface area contributed by atoms with E-state index in [4.69, 9.17) is 4.84 Å². The molecule has 0 fully saturated rings. The highest BCUT2D eigenvalue weighted by molar-refractivity contribution is 5.85. The van der Waals surface area contributed by atoms with Gasteiger partial charge in [-0.25, -0.2) is 5.48 Å². The van der Waals surface area contributed by atoms with Gasteiger partial charge in [0.05, 0.1) is 13.2 Å². The first kappa shape index (κ1) is 14.9. The second kappa shape index (κ2) is 9.11. The molecule has 0 aliphatic heterocycles. The number of carbonyl (C=O) groups excluding carboxylic acids is 2. The van der Waals surface area contributed by atoms with Crippen molar-refractivity contribution < 1.29 is 14.4 Å². The van der Waals surface area contributed by atoms with E-state index in [0.29, 0.717) is 13.2 Å². The van der Waals surface area contributed by atoms with E-state index >= 15 is 0 Å². The van der Waals surface area contributed by atoms with E-state index in [1.165, 1.54) is 4.90 Å². The zero-order chi connectivity index (χ0) is 12.4. The molecule has 0 bridgehead atoms. The van der Waals surface area contributed by atoms with Crippen molar-refractivity contribution >= 4 is 11.8 Å². The normalized spacial score (nSPS) is 9.94. The Labute approximate surface area is 96.3 Å². The molecule has 0 heterocycles. The average Bonchev–Trinajstić information content (AvgIpc) is 2.30. The summed E-state index contributed by atoms with van der Waals surface area (Å²) < 4.78 is 0. The second-order valence-electron chi connectivity index (χ2n) is 3.15. The molecular weight excluding hydrogens is 210 g/mol. The highest BCUT2D eigenvalue weighted by Gasteiger charge is 2.14. The fourth-order valence-corrected chi connectivity index (χ4v) is 1.08. The predicted molar refractivity (Wildman–Crippen MR) is 60.6 cm³/mol. The van der Waals surface area contributed by atoms with Crippen molar-refractivity contribution in [1.29, 1.82) is 0 Å². The van der Waals surface area contributed by atoms with Gasteiger partial charge >= 0.3 is 0 Å². The Hall–Kier alpha value is -1.14. The maximum absolute atomic E-state index is 11.6. The summed E-state index contributed by atoms with van der Waals surface area (Å²) in [6.07, 6.45) is 0. The predicted octanol–water partition coefficient (Wildman–Crippen LogP) is -0.488. The van der Waals surface area contributed by atoms with Crippen molar-refractivity contribution in [3.8, 4) is 0 Å². The van der Waals surface area contributed by atoms with Crippen LogP contribution in [0, 0.1) is 0 Å². The number of likely N-dealkylation sites (N-methyl/N-ethyl adjacent to an activating group) is 2. The van der Waals surface area contributed by atoms with Gasteiger partial charge in [-0.05, 0) is 20.4 Å². The number of amides is 2. The number of hydrogen-bond acceptors (Lipinski definition) is 4. The third-order valence-electron chi connectivity index (χ3n) is 1.93. The molecule has 0 spiro atoms. The molecule has 0 aromatic carbocycles. The van der Waals surface area contributed by atoms with Gasteiger partial charge in [0.15, 0.2) is 0 Å². The van der Waals surface area contributed by atoms with Crippen LogP contribution >= 0.6 is 0 Å². The molecule has 0 atom stereocenters. The fraction of sp³-hybridized carbons (Fsp3) is 0.800. The summed E-state index contributed by atoms with van der Waals surface area (Å²) >= 11 is 0. The van der Waals surface area contributed by atoms with E-state index < -0.39 is 0 Å². The van der Waals surface area contributed by atoms with Gasteiger partial charge in [-0.1, -0.05) is 6.92 Å². The number of nitrogens with one attached hydrogen (secondary N) is 2. The summed E-state index contributed by atoms with van der Waals surface area (Å²) in [6.45, 7) is 7.45. The molecule has 94 valence electrons. The van der Waals surface area contributed by atoms with Crippen LogP contribution in [0.15, 0.2) is 0 Å². The maximum Gasteiger partial charge on any atom is 0.263 e. The molecule has 6 heteroatoms. The van der Waals surface area contributed by atoms with Crippen molar-refractivity contribution in [2.75, 3.05) is 32.8 Å². The van der Waals surface area contributed by atoms with Gasteiger partial charge in [-0.2, -0.15) is 0 Å². The van der Waals surface area contributed by atoms with Gasteiger partial charge in [0.1, 0.15) is 6.54 Å². The van der Waals surface area contributed by atoms with Crippen LogP contribution in [0.3, 0.4) is 0 Å². The standard InChI is InChI=1S/C10H21N3O3/c1-4-11-7-10(15)13(5-2)8-9(14)12-16-6-3/h11H,4-8H2,1-3H3,(H,12,14). The lowest BCUT2D eigenvalue weighted by atomic mass is 10.4. The van der Waals surface area contributed by atoms with E-state index in [0.717, 1.165) is 6.54 Å². The Morgan fingerprint density at radius 3 is 2.44 bits per heavy atom. The summed E-state index contributed by atoms with van der Waals surface area (Å²) in [5, 5.41) is 2.93. The Morgan fingerprint density at radius 1 is 1.25 bits per heavy atom. The second-order valence-corrected chi connectivity index (χ2v) is 3.15. The largest absolute Gasteiger partial charge is 0.332 e. The van der Waals surface area contributed by atoms with Gasteiger partial charge < -0.3 is 10.2 Å². The zero-order valence-electron chi connectivity index (χ0n) is 10.2. The Kier molecular flexibility index (Phi) is 8.46. The molecule has 2 amide bonds. The van der Waals surface area contributed by atoms with Crippen molar-refractivity contribution in [2.24, 2.45) is 0 Å². The molecule has 0 aliphatic rings. The van der Waals surface area contributed by atoms with Crippen molar-refractivity contribution in [2.45, 2.75) is 20.8 Å². The SMILES string of the molecule is CCNCC(=O)N(CC)CC(=O)NOCC. The first-order chi connectivity index (χ1) is 7.65. The molecule has 2 N–H and O–H groups in total. The molecule has 0 aliphatic carbocycles. The fourth-order valence-electron chi connectivity index (χ4n) is 1.08. The van der Waals surface area contributed by atoms with E-state index in [2.05, 4.69) is 10.8 Å². The molecule has 0 radical (unpaired) electrons. The van der Waals surface area contributed by atoms with Crippen molar-refractivity contribution in [1.82, 2.24) is 15.7 Å². The quantitative estimate of drug-likeness (QED) is 0.553. The van der Waals surface area contributed by atoms with Gasteiger partial charge in [0, 0.05) is 6.54 Å². The molecular formula is C10H21N3O3. The number of carbonyl (C=O) groups is 2. The minimum absolute atomic E-state index is 0.0285. The number of rotatable bonds is 8. The van der Waals surface area contributed by atoms with Gasteiger partial charge in [-0.15, -0.1) is 0 Å². The minimum atomic E-state index is -0.312. The molecule has 16 heavy (non-hydrogen) atoms. The highest BCUT2D eigenvalue weighted by atomic mass is 16.6. The maximum atomic E-state index is 11.6. The molecule has 0 saturated heterocycles. The minimum Gasteiger partial charge on any atom is -0.332 e. The zero-order valence-corrected chi connectivity index (χ0v) is 10.2. The number of nitrogens with zero attached hydrogens (tertiary/aromatic N) is 1. The Balaban J connectivity index is 3.97. The Bertz CT molecular complexity index is 221.